The van der Waals surface area contributed by atoms with Crippen LogP contribution in [0.1, 0.15) is 35.6 Å². The van der Waals surface area contributed by atoms with Crippen LogP contribution in [0.2, 0.25) is 0 Å². The standard InChI is InChI=1S/C27H24BrN3O5S2/c28-16-6-8-17(9-7-16)31-24(34)21-20(15-4-10-18(32)11-5-15)23-26(37-22(21)25(31)35)30(27(36)38-23)14-19(33)29-12-2-1-3-13-29/h4-11,20-22,32H,1-3,12-14H2/t20-,21?,22?/m0/s1. The number of hydrogen-bond acceptors (Lipinski definition) is 7. The lowest BCUT2D eigenvalue weighted by Crippen LogP contribution is -2.39. The van der Waals surface area contributed by atoms with Crippen molar-refractivity contribution in [3.8, 4) is 5.75 Å². The Bertz CT molecular complexity index is 1480. The summed E-state index contributed by atoms with van der Waals surface area (Å²) in [6, 6.07) is 13.5. The first-order valence-corrected chi connectivity index (χ1v) is 14.9. The number of amides is 3. The number of likely N-dealkylation sites (tertiary alicyclic amines) is 1. The van der Waals surface area contributed by atoms with Gasteiger partial charge in [0.25, 0.3) is 0 Å². The van der Waals surface area contributed by atoms with Crippen molar-refractivity contribution in [2.75, 3.05) is 18.0 Å². The molecule has 2 aromatic carbocycles. The van der Waals surface area contributed by atoms with E-state index < -0.39 is 17.1 Å². The highest BCUT2D eigenvalue weighted by atomic mass is 79.9. The number of phenols is 1. The third-order valence-electron chi connectivity index (χ3n) is 7.39. The van der Waals surface area contributed by atoms with Crippen LogP contribution < -0.4 is 9.77 Å². The lowest BCUT2D eigenvalue weighted by atomic mass is 9.83. The zero-order chi connectivity index (χ0) is 26.6. The zero-order valence-corrected chi connectivity index (χ0v) is 23.4. The molecule has 3 atom stereocenters. The number of thioether (sulfide) groups is 1. The van der Waals surface area contributed by atoms with Crippen LogP contribution in [-0.4, -0.2) is 50.6 Å². The molecule has 3 amide bonds. The molecule has 196 valence electrons. The van der Waals surface area contributed by atoms with Crippen LogP contribution in [-0.2, 0) is 20.9 Å². The number of imide groups is 1. The average Bonchev–Trinajstić information content (AvgIpc) is 3.36. The minimum Gasteiger partial charge on any atom is -0.508 e. The third kappa shape index (κ3) is 4.30. The molecule has 0 bridgehead atoms. The number of benzene rings is 2. The lowest BCUT2D eigenvalue weighted by Gasteiger charge is -2.31. The average molecular weight is 615 g/mol. The number of phenolic OH excluding ortho intramolecular Hbond substituents is 1. The number of thiazole rings is 1. The van der Waals surface area contributed by atoms with Crippen molar-refractivity contribution in [3.63, 3.8) is 0 Å². The topological polar surface area (TPSA) is 99.9 Å². The van der Waals surface area contributed by atoms with Gasteiger partial charge in [-0.25, -0.2) is 4.90 Å². The molecule has 0 aliphatic carbocycles. The highest BCUT2D eigenvalue weighted by Gasteiger charge is 2.56. The number of nitrogens with zero attached hydrogens (tertiary/aromatic N) is 3. The van der Waals surface area contributed by atoms with Crippen molar-refractivity contribution in [2.24, 2.45) is 5.92 Å². The predicted molar refractivity (Wildman–Crippen MR) is 149 cm³/mol. The normalized spacial score (nSPS) is 22.9. The first kappa shape index (κ1) is 25.4. The van der Waals surface area contributed by atoms with E-state index in [0.29, 0.717) is 28.7 Å². The number of aromatic nitrogens is 1. The van der Waals surface area contributed by atoms with Gasteiger partial charge >= 0.3 is 4.87 Å². The van der Waals surface area contributed by atoms with Gasteiger partial charge in [-0.3, -0.25) is 23.7 Å². The van der Waals surface area contributed by atoms with Crippen LogP contribution >= 0.6 is 39.0 Å². The second-order valence-corrected chi connectivity index (χ2v) is 12.7. The van der Waals surface area contributed by atoms with E-state index in [1.54, 1.807) is 53.4 Å². The van der Waals surface area contributed by atoms with Gasteiger partial charge in [0.1, 0.15) is 17.5 Å². The molecule has 0 saturated carbocycles. The van der Waals surface area contributed by atoms with Crippen LogP contribution in [0.3, 0.4) is 0 Å². The number of hydrogen-bond donors (Lipinski definition) is 1. The number of halogens is 1. The molecule has 8 nitrogen and oxygen atoms in total. The Morgan fingerprint density at radius 1 is 0.947 bits per heavy atom. The Morgan fingerprint density at radius 2 is 1.63 bits per heavy atom. The molecule has 0 radical (unpaired) electrons. The highest BCUT2D eigenvalue weighted by Crippen LogP contribution is 2.54. The molecule has 1 N–H and O–H groups in total. The molecular weight excluding hydrogens is 590 g/mol. The Morgan fingerprint density at radius 3 is 2.32 bits per heavy atom. The van der Waals surface area contributed by atoms with Crippen molar-refractivity contribution in [1.82, 2.24) is 9.47 Å². The summed E-state index contributed by atoms with van der Waals surface area (Å²) in [5.74, 6) is -1.97. The summed E-state index contributed by atoms with van der Waals surface area (Å²) >= 11 is 5.63. The Hall–Kier alpha value is -2.89. The van der Waals surface area contributed by atoms with Crippen molar-refractivity contribution < 1.29 is 19.5 Å². The first-order valence-electron chi connectivity index (χ1n) is 12.4. The second kappa shape index (κ2) is 10.0. The van der Waals surface area contributed by atoms with Crippen molar-refractivity contribution in [2.45, 2.75) is 42.0 Å². The monoisotopic (exact) mass is 613 g/mol. The molecule has 3 aliphatic heterocycles. The van der Waals surface area contributed by atoms with Gasteiger partial charge in [0.15, 0.2) is 0 Å². The predicted octanol–water partition coefficient (Wildman–Crippen LogP) is 4.19. The molecule has 2 fully saturated rings. The largest absolute Gasteiger partial charge is 0.508 e. The van der Waals surface area contributed by atoms with Gasteiger partial charge in [-0.15, -0.1) is 0 Å². The number of carbonyl (C=O) groups is 3. The molecule has 6 rings (SSSR count). The van der Waals surface area contributed by atoms with Gasteiger partial charge < -0.3 is 10.0 Å². The molecule has 2 unspecified atom stereocenters. The Kier molecular flexibility index (Phi) is 6.69. The Labute approximate surface area is 235 Å². The van der Waals surface area contributed by atoms with Crippen molar-refractivity contribution >= 4 is 62.4 Å². The maximum Gasteiger partial charge on any atom is 0.308 e. The number of rotatable bonds is 4. The SMILES string of the molecule is O=C(Cn1c2c(sc1=O)[C@@H](c1ccc(O)cc1)C1C(=O)N(c3ccc(Br)cc3)C(=O)C1S2)N1CCCCC1. The fourth-order valence-electron chi connectivity index (χ4n) is 5.52. The number of fused-ring (bicyclic) bond motifs is 2. The van der Waals surface area contributed by atoms with Crippen molar-refractivity contribution in [3.05, 3.63) is 73.1 Å². The van der Waals surface area contributed by atoms with E-state index >= 15 is 0 Å². The maximum absolute atomic E-state index is 13.9. The van der Waals surface area contributed by atoms with E-state index in [9.17, 15) is 24.3 Å². The molecule has 38 heavy (non-hydrogen) atoms. The molecule has 2 saturated heterocycles. The number of piperidine rings is 1. The first-order chi connectivity index (χ1) is 18.3. The Balaban J connectivity index is 1.43. The number of aromatic hydroxyl groups is 1. The summed E-state index contributed by atoms with van der Waals surface area (Å²) in [6.07, 6.45) is 2.99. The fourth-order valence-corrected chi connectivity index (χ4v) is 8.56. The van der Waals surface area contributed by atoms with E-state index in [1.165, 1.54) is 21.2 Å². The van der Waals surface area contributed by atoms with Crippen LogP contribution in [0.5, 0.6) is 5.75 Å². The van der Waals surface area contributed by atoms with Gasteiger partial charge in [0.05, 0.1) is 16.6 Å². The van der Waals surface area contributed by atoms with Gasteiger partial charge in [0.2, 0.25) is 17.7 Å². The van der Waals surface area contributed by atoms with E-state index in [2.05, 4.69) is 15.9 Å². The highest BCUT2D eigenvalue weighted by molar-refractivity contribution is 9.10. The fraction of sp³-hybridized carbons (Fsp3) is 0.333. The van der Waals surface area contributed by atoms with Gasteiger partial charge in [-0.05, 0) is 61.2 Å². The quantitative estimate of drug-likeness (QED) is 0.443. The molecule has 4 heterocycles. The molecule has 11 heteroatoms. The van der Waals surface area contributed by atoms with Crippen LogP contribution in [0.4, 0.5) is 5.69 Å². The summed E-state index contributed by atoms with van der Waals surface area (Å²) in [4.78, 5) is 57.4. The smallest absolute Gasteiger partial charge is 0.308 e. The van der Waals surface area contributed by atoms with E-state index in [4.69, 9.17) is 0 Å². The lowest BCUT2D eigenvalue weighted by molar-refractivity contribution is -0.133. The zero-order valence-electron chi connectivity index (χ0n) is 20.2. The summed E-state index contributed by atoms with van der Waals surface area (Å²) in [5, 5.41) is 9.71. The summed E-state index contributed by atoms with van der Waals surface area (Å²) in [5.41, 5.74) is 1.22. The van der Waals surface area contributed by atoms with Crippen molar-refractivity contribution in [1.29, 1.82) is 0 Å². The van der Waals surface area contributed by atoms with Crippen LogP contribution in [0.25, 0.3) is 0 Å². The molecule has 0 spiro atoms. The van der Waals surface area contributed by atoms with E-state index in [1.807, 2.05) is 0 Å². The number of carbonyl (C=O) groups excluding carboxylic acids is 3. The molecular formula is C27H24BrN3O5S2. The van der Waals surface area contributed by atoms with E-state index in [-0.39, 0.29) is 34.9 Å². The second-order valence-electron chi connectivity index (χ2n) is 9.69. The minimum atomic E-state index is -0.747. The van der Waals surface area contributed by atoms with Crippen LogP contribution in [0, 0.1) is 5.92 Å². The third-order valence-corrected chi connectivity index (χ3v) is 10.5. The summed E-state index contributed by atoms with van der Waals surface area (Å²) < 4.78 is 2.31. The molecule has 3 aliphatic rings. The molecule has 1 aromatic heterocycles. The summed E-state index contributed by atoms with van der Waals surface area (Å²) in [6.45, 7) is 1.28. The number of anilines is 1. The summed E-state index contributed by atoms with van der Waals surface area (Å²) in [7, 11) is 0. The van der Waals surface area contributed by atoms with Crippen LogP contribution in [0.15, 0.2) is 62.8 Å². The maximum atomic E-state index is 13.9. The molecule has 3 aromatic rings. The van der Waals surface area contributed by atoms with Gasteiger partial charge in [-0.1, -0.05) is 51.2 Å². The van der Waals surface area contributed by atoms with E-state index in [0.717, 1.165) is 40.6 Å². The van der Waals surface area contributed by atoms with Gasteiger partial charge in [0, 0.05) is 28.4 Å². The van der Waals surface area contributed by atoms with Gasteiger partial charge in [-0.2, -0.15) is 0 Å². The minimum absolute atomic E-state index is 0.0823.